The third-order valence-electron chi connectivity index (χ3n) is 3.28. The Morgan fingerprint density at radius 3 is 2.82 bits per heavy atom. The third kappa shape index (κ3) is 1.65. The van der Waals surface area contributed by atoms with Gasteiger partial charge in [-0.25, -0.2) is 14.6 Å². The summed E-state index contributed by atoms with van der Waals surface area (Å²) in [4.78, 5) is 19.4. The summed E-state index contributed by atoms with van der Waals surface area (Å²) < 4.78 is 1.87. The van der Waals surface area contributed by atoms with Gasteiger partial charge in [0.2, 0.25) is 0 Å². The minimum absolute atomic E-state index is 0.250. The van der Waals surface area contributed by atoms with Crippen LogP contribution >= 0.6 is 0 Å². The van der Waals surface area contributed by atoms with Crippen molar-refractivity contribution >= 4 is 22.6 Å². The van der Waals surface area contributed by atoms with Crippen molar-refractivity contribution in [3.05, 3.63) is 12.5 Å². The molecule has 0 atom stereocenters. The Morgan fingerprint density at radius 2 is 2.06 bits per heavy atom. The second-order valence-corrected chi connectivity index (χ2v) is 4.36. The number of anilines is 1. The number of aromatic nitrogens is 4. The lowest BCUT2D eigenvalue weighted by Crippen LogP contribution is -2.19. The fourth-order valence-electron chi connectivity index (χ4n) is 2.32. The zero-order valence-electron chi connectivity index (χ0n) is 9.33. The molecular weight excluding hydrogens is 218 g/mol. The summed E-state index contributed by atoms with van der Waals surface area (Å²) in [6, 6.07) is 0.250. The molecule has 6 nitrogen and oxygen atoms in total. The van der Waals surface area contributed by atoms with Crippen molar-refractivity contribution in [2.45, 2.75) is 31.7 Å². The van der Waals surface area contributed by atoms with Gasteiger partial charge in [0.1, 0.15) is 17.9 Å². The zero-order chi connectivity index (χ0) is 11.8. The fourth-order valence-corrected chi connectivity index (χ4v) is 2.32. The molecule has 1 saturated carbocycles. The van der Waals surface area contributed by atoms with Crippen LogP contribution in [-0.4, -0.2) is 25.5 Å². The van der Waals surface area contributed by atoms with Crippen LogP contribution in [0.1, 0.15) is 31.7 Å². The predicted molar refractivity (Wildman–Crippen MR) is 62.2 cm³/mol. The molecular formula is C11H13N5O. The van der Waals surface area contributed by atoms with Gasteiger partial charge in [-0.3, -0.25) is 4.79 Å². The van der Waals surface area contributed by atoms with Crippen molar-refractivity contribution in [1.29, 1.82) is 0 Å². The van der Waals surface area contributed by atoms with Crippen LogP contribution in [0, 0.1) is 0 Å². The lowest BCUT2D eigenvalue weighted by Gasteiger charge is -2.21. The van der Waals surface area contributed by atoms with E-state index in [0.29, 0.717) is 24.4 Å². The summed E-state index contributed by atoms with van der Waals surface area (Å²) in [5.41, 5.74) is 6.52. The Labute approximate surface area is 97.8 Å². The zero-order valence-corrected chi connectivity index (χ0v) is 9.33. The van der Waals surface area contributed by atoms with E-state index in [9.17, 15) is 4.79 Å². The number of nitrogens with zero attached hydrogens (tertiary/aromatic N) is 4. The largest absolute Gasteiger partial charge is 0.383 e. The molecule has 1 fully saturated rings. The molecule has 88 valence electrons. The second kappa shape index (κ2) is 3.80. The molecule has 2 N–H and O–H groups in total. The van der Waals surface area contributed by atoms with Gasteiger partial charge in [0.15, 0.2) is 5.65 Å². The number of rotatable bonds is 1. The van der Waals surface area contributed by atoms with E-state index in [2.05, 4.69) is 15.1 Å². The Morgan fingerprint density at radius 1 is 1.29 bits per heavy atom. The molecule has 0 amide bonds. The molecule has 2 heterocycles. The number of Topliss-reactive ketones (excluding diaryl/α,β-unsaturated/α-hetero) is 1. The normalized spacial score (nSPS) is 17.8. The topological polar surface area (TPSA) is 86.7 Å². The van der Waals surface area contributed by atoms with Crippen LogP contribution in [0.5, 0.6) is 0 Å². The first-order valence-corrected chi connectivity index (χ1v) is 5.71. The monoisotopic (exact) mass is 231 g/mol. The molecule has 0 bridgehead atoms. The molecule has 0 aliphatic heterocycles. The van der Waals surface area contributed by atoms with Crippen molar-refractivity contribution in [1.82, 2.24) is 19.7 Å². The van der Waals surface area contributed by atoms with Gasteiger partial charge < -0.3 is 5.73 Å². The molecule has 0 spiro atoms. The molecule has 3 rings (SSSR count). The number of ketones is 1. The SMILES string of the molecule is Nc1ncnc2c1cnn2C1CCC(=O)CC1. The van der Waals surface area contributed by atoms with E-state index in [1.165, 1.54) is 6.33 Å². The van der Waals surface area contributed by atoms with Crippen molar-refractivity contribution in [2.24, 2.45) is 0 Å². The average Bonchev–Trinajstić information content (AvgIpc) is 2.75. The van der Waals surface area contributed by atoms with Crippen molar-refractivity contribution in [3.63, 3.8) is 0 Å². The molecule has 2 aromatic rings. The number of hydrogen-bond donors (Lipinski definition) is 1. The standard InChI is InChI=1S/C11H13N5O/c12-10-9-5-15-16(11(9)14-6-13-10)7-1-3-8(17)4-2-7/h5-7H,1-4H2,(H2,12,13,14). The molecule has 6 heteroatoms. The summed E-state index contributed by atoms with van der Waals surface area (Å²) in [7, 11) is 0. The van der Waals surface area contributed by atoms with E-state index in [4.69, 9.17) is 5.73 Å². The lowest BCUT2D eigenvalue weighted by atomic mass is 9.94. The highest BCUT2D eigenvalue weighted by molar-refractivity contribution is 5.85. The van der Waals surface area contributed by atoms with E-state index in [0.717, 1.165) is 23.9 Å². The molecule has 1 aliphatic carbocycles. The Kier molecular flexibility index (Phi) is 2.28. The van der Waals surface area contributed by atoms with Gasteiger partial charge in [-0.15, -0.1) is 0 Å². The minimum Gasteiger partial charge on any atom is -0.383 e. The highest BCUT2D eigenvalue weighted by Gasteiger charge is 2.22. The van der Waals surface area contributed by atoms with Crippen LogP contribution < -0.4 is 5.73 Å². The van der Waals surface area contributed by atoms with Gasteiger partial charge >= 0.3 is 0 Å². The third-order valence-corrected chi connectivity index (χ3v) is 3.28. The smallest absolute Gasteiger partial charge is 0.163 e. The molecule has 0 saturated heterocycles. The second-order valence-electron chi connectivity index (χ2n) is 4.36. The first kappa shape index (κ1) is 10.2. The summed E-state index contributed by atoms with van der Waals surface area (Å²) in [6.07, 6.45) is 6.07. The molecule has 0 aromatic carbocycles. The van der Waals surface area contributed by atoms with Gasteiger partial charge in [-0.2, -0.15) is 5.10 Å². The maximum Gasteiger partial charge on any atom is 0.163 e. The average molecular weight is 231 g/mol. The van der Waals surface area contributed by atoms with Gasteiger partial charge in [-0.05, 0) is 12.8 Å². The first-order valence-electron chi connectivity index (χ1n) is 5.71. The number of nitrogens with two attached hydrogens (primary N) is 1. The highest BCUT2D eigenvalue weighted by atomic mass is 16.1. The lowest BCUT2D eigenvalue weighted by molar-refractivity contribution is -0.120. The maximum absolute atomic E-state index is 11.2. The first-order chi connectivity index (χ1) is 8.25. The van der Waals surface area contributed by atoms with E-state index < -0.39 is 0 Å². The van der Waals surface area contributed by atoms with Crippen LogP contribution in [0.3, 0.4) is 0 Å². The Balaban J connectivity index is 2.01. The number of hydrogen-bond acceptors (Lipinski definition) is 5. The van der Waals surface area contributed by atoms with E-state index in [1.807, 2.05) is 4.68 Å². The van der Waals surface area contributed by atoms with Gasteiger partial charge in [0.25, 0.3) is 0 Å². The van der Waals surface area contributed by atoms with Crippen molar-refractivity contribution in [3.8, 4) is 0 Å². The van der Waals surface area contributed by atoms with Crippen LogP contribution in [-0.2, 0) is 4.79 Å². The molecule has 17 heavy (non-hydrogen) atoms. The summed E-state index contributed by atoms with van der Waals surface area (Å²) in [5, 5.41) is 5.11. The Bertz CT molecular complexity index is 566. The predicted octanol–water partition coefficient (Wildman–Crippen LogP) is 1.09. The summed E-state index contributed by atoms with van der Waals surface area (Å²) in [5.74, 6) is 0.792. The van der Waals surface area contributed by atoms with Crippen molar-refractivity contribution < 1.29 is 4.79 Å². The van der Waals surface area contributed by atoms with Crippen LogP contribution in [0.2, 0.25) is 0 Å². The maximum atomic E-state index is 11.2. The summed E-state index contributed by atoms with van der Waals surface area (Å²) >= 11 is 0. The van der Waals surface area contributed by atoms with E-state index >= 15 is 0 Å². The Hall–Kier alpha value is -1.98. The summed E-state index contributed by atoms with van der Waals surface area (Å²) in [6.45, 7) is 0. The quantitative estimate of drug-likeness (QED) is 0.793. The number of nitrogen functional groups attached to an aromatic ring is 1. The fraction of sp³-hybridized carbons (Fsp3) is 0.455. The van der Waals surface area contributed by atoms with Crippen LogP contribution in [0.25, 0.3) is 11.0 Å². The van der Waals surface area contributed by atoms with E-state index in [1.54, 1.807) is 6.20 Å². The van der Waals surface area contributed by atoms with Crippen molar-refractivity contribution in [2.75, 3.05) is 5.73 Å². The highest BCUT2D eigenvalue weighted by Crippen LogP contribution is 2.28. The minimum atomic E-state index is 0.250. The van der Waals surface area contributed by atoms with E-state index in [-0.39, 0.29) is 6.04 Å². The number of fused-ring (bicyclic) bond motifs is 1. The molecule has 0 unspecified atom stereocenters. The number of carbonyl (C=O) groups excluding carboxylic acids is 1. The van der Waals surface area contributed by atoms with Crippen LogP contribution in [0.15, 0.2) is 12.5 Å². The molecule has 0 radical (unpaired) electrons. The van der Waals surface area contributed by atoms with Gasteiger partial charge in [0, 0.05) is 12.8 Å². The van der Waals surface area contributed by atoms with Gasteiger partial charge in [0.05, 0.1) is 17.6 Å². The van der Waals surface area contributed by atoms with Crippen LogP contribution in [0.4, 0.5) is 5.82 Å². The molecule has 2 aromatic heterocycles. The number of carbonyl (C=O) groups is 1. The molecule has 1 aliphatic rings. The van der Waals surface area contributed by atoms with Gasteiger partial charge in [-0.1, -0.05) is 0 Å².